The van der Waals surface area contributed by atoms with Crippen LogP contribution in [0.1, 0.15) is 24.0 Å². The van der Waals surface area contributed by atoms with Crippen LogP contribution < -0.4 is 4.74 Å². The molecule has 0 atom stereocenters. The fourth-order valence-corrected chi connectivity index (χ4v) is 5.36. The predicted octanol–water partition coefficient (Wildman–Crippen LogP) is 5.33. The molecule has 0 aliphatic carbocycles. The van der Waals surface area contributed by atoms with Crippen molar-refractivity contribution in [2.75, 3.05) is 13.1 Å². The quantitative estimate of drug-likeness (QED) is 0.424. The minimum Gasteiger partial charge on any atom is -0.425 e. The first-order valence-electron chi connectivity index (χ1n) is 9.24. The lowest BCUT2D eigenvalue weighted by Gasteiger charge is -2.30. The zero-order chi connectivity index (χ0) is 23.0. The lowest BCUT2D eigenvalue weighted by Crippen LogP contribution is -2.41. The van der Waals surface area contributed by atoms with Crippen LogP contribution in [0.5, 0.6) is 5.75 Å². The molecule has 2 aromatic carbocycles. The van der Waals surface area contributed by atoms with E-state index in [0.717, 1.165) is 22.0 Å². The normalized spacial score (nSPS) is 16.3. The van der Waals surface area contributed by atoms with Gasteiger partial charge in [0.15, 0.2) is 0 Å². The van der Waals surface area contributed by atoms with Crippen LogP contribution in [0.4, 0.5) is 13.2 Å². The van der Waals surface area contributed by atoms with E-state index >= 15 is 0 Å². The second kappa shape index (κ2) is 8.97. The Kier molecular flexibility index (Phi) is 6.90. The molecule has 0 bridgehead atoms. The smallest absolute Gasteiger partial charge is 0.416 e. The van der Waals surface area contributed by atoms with E-state index in [1.807, 2.05) is 6.92 Å². The van der Waals surface area contributed by atoms with Crippen molar-refractivity contribution in [3.8, 4) is 5.75 Å². The van der Waals surface area contributed by atoms with Gasteiger partial charge in [0.2, 0.25) is 10.0 Å². The SMILES string of the molecule is Cc1ccc(Cl)c(OC(=O)C2CCN(S(=O)(=O)c3cc(C(F)(F)F)ccc3Cl)CC2)c1. The highest BCUT2D eigenvalue weighted by atomic mass is 35.5. The van der Waals surface area contributed by atoms with Crippen LogP contribution >= 0.6 is 23.2 Å². The molecule has 1 aliphatic rings. The van der Waals surface area contributed by atoms with Crippen molar-refractivity contribution in [1.82, 2.24) is 4.31 Å². The molecule has 2 aromatic rings. The van der Waals surface area contributed by atoms with Gasteiger partial charge in [-0.3, -0.25) is 4.79 Å². The average molecular weight is 496 g/mol. The number of nitrogens with zero attached hydrogens (tertiary/aromatic N) is 1. The Labute approximate surface area is 187 Å². The maximum absolute atomic E-state index is 13.0. The van der Waals surface area contributed by atoms with Crippen LogP contribution in [-0.2, 0) is 21.0 Å². The Bertz CT molecular complexity index is 1100. The highest BCUT2D eigenvalue weighted by Gasteiger charge is 2.37. The molecular weight excluding hydrogens is 478 g/mol. The summed E-state index contributed by atoms with van der Waals surface area (Å²) in [5.41, 5.74) is -0.255. The molecule has 1 heterocycles. The lowest BCUT2D eigenvalue weighted by atomic mass is 9.98. The van der Waals surface area contributed by atoms with Crippen LogP contribution in [-0.4, -0.2) is 31.8 Å². The number of carbonyl (C=O) groups is 1. The third-order valence-corrected chi connectivity index (χ3v) is 7.65. The van der Waals surface area contributed by atoms with Gasteiger partial charge >= 0.3 is 12.1 Å². The number of hydrogen-bond donors (Lipinski definition) is 0. The molecule has 168 valence electrons. The van der Waals surface area contributed by atoms with Crippen LogP contribution in [0.25, 0.3) is 0 Å². The Morgan fingerprint density at radius 3 is 2.29 bits per heavy atom. The zero-order valence-corrected chi connectivity index (χ0v) is 18.6. The minimum atomic E-state index is -4.71. The van der Waals surface area contributed by atoms with Crippen molar-refractivity contribution in [2.24, 2.45) is 5.92 Å². The van der Waals surface area contributed by atoms with Gasteiger partial charge in [-0.05, 0) is 55.7 Å². The van der Waals surface area contributed by atoms with Gasteiger partial charge in [0.25, 0.3) is 0 Å². The molecule has 0 saturated carbocycles. The van der Waals surface area contributed by atoms with Gasteiger partial charge in [-0.2, -0.15) is 17.5 Å². The van der Waals surface area contributed by atoms with Gasteiger partial charge < -0.3 is 4.74 Å². The van der Waals surface area contributed by atoms with E-state index < -0.39 is 38.5 Å². The molecule has 1 saturated heterocycles. The Balaban J connectivity index is 1.71. The second-order valence-corrected chi connectivity index (χ2v) is 9.90. The number of ether oxygens (including phenoxy) is 1. The third kappa shape index (κ3) is 5.34. The lowest BCUT2D eigenvalue weighted by molar-refractivity contribution is -0.140. The highest BCUT2D eigenvalue weighted by molar-refractivity contribution is 7.89. The summed E-state index contributed by atoms with van der Waals surface area (Å²) in [6, 6.07) is 7.15. The summed E-state index contributed by atoms with van der Waals surface area (Å²) in [5.74, 6) is -0.890. The molecule has 3 rings (SSSR count). The summed E-state index contributed by atoms with van der Waals surface area (Å²) in [7, 11) is -4.27. The molecule has 1 aliphatic heterocycles. The molecule has 0 aromatic heterocycles. The maximum Gasteiger partial charge on any atom is 0.416 e. The van der Waals surface area contributed by atoms with Crippen molar-refractivity contribution >= 4 is 39.2 Å². The molecule has 0 amide bonds. The van der Waals surface area contributed by atoms with Crippen molar-refractivity contribution in [3.05, 3.63) is 57.6 Å². The number of hydrogen-bond acceptors (Lipinski definition) is 4. The van der Waals surface area contributed by atoms with Gasteiger partial charge in [-0.15, -0.1) is 0 Å². The standard InChI is InChI=1S/C20H18Cl2F3NO4S/c1-12-2-4-15(21)17(10-12)30-19(27)13-6-8-26(9-7-13)31(28,29)18-11-14(20(23,24)25)3-5-16(18)22/h2-5,10-11,13H,6-9H2,1H3. The fraction of sp³-hybridized carbons (Fsp3) is 0.350. The number of halogens is 5. The molecule has 1 fully saturated rings. The van der Waals surface area contributed by atoms with Crippen LogP contribution in [0.2, 0.25) is 10.0 Å². The topological polar surface area (TPSA) is 63.7 Å². The van der Waals surface area contributed by atoms with Crippen molar-refractivity contribution < 1.29 is 31.1 Å². The van der Waals surface area contributed by atoms with Gasteiger partial charge in [-0.25, -0.2) is 8.42 Å². The van der Waals surface area contributed by atoms with E-state index in [0.29, 0.717) is 6.07 Å². The first kappa shape index (κ1) is 23.8. The molecule has 0 spiro atoms. The second-order valence-electron chi connectivity index (χ2n) is 7.18. The average Bonchev–Trinajstić information content (AvgIpc) is 2.70. The Morgan fingerprint density at radius 2 is 1.68 bits per heavy atom. The highest BCUT2D eigenvalue weighted by Crippen LogP contribution is 2.35. The van der Waals surface area contributed by atoms with Crippen LogP contribution in [0.3, 0.4) is 0 Å². The molecular formula is C20H18Cl2F3NO4S. The summed E-state index contributed by atoms with van der Waals surface area (Å²) in [6.07, 6.45) is -4.40. The van der Waals surface area contributed by atoms with E-state index in [2.05, 4.69) is 0 Å². The predicted molar refractivity (Wildman–Crippen MR) is 110 cm³/mol. The zero-order valence-electron chi connectivity index (χ0n) is 16.2. The Hall–Kier alpha value is -1.81. The monoisotopic (exact) mass is 495 g/mol. The summed E-state index contributed by atoms with van der Waals surface area (Å²) in [4.78, 5) is 11.9. The summed E-state index contributed by atoms with van der Waals surface area (Å²) in [5, 5.41) is -0.0261. The van der Waals surface area contributed by atoms with Crippen molar-refractivity contribution in [3.63, 3.8) is 0 Å². The molecule has 0 unspecified atom stereocenters. The number of rotatable bonds is 4. The minimum absolute atomic E-state index is 0.0593. The fourth-order valence-electron chi connectivity index (χ4n) is 3.23. The molecule has 31 heavy (non-hydrogen) atoms. The number of piperidine rings is 1. The summed E-state index contributed by atoms with van der Waals surface area (Å²) >= 11 is 11.9. The van der Waals surface area contributed by atoms with Gasteiger partial charge in [0.1, 0.15) is 10.6 Å². The van der Waals surface area contributed by atoms with Gasteiger partial charge in [-0.1, -0.05) is 29.3 Å². The van der Waals surface area contributed by atoms with Gasteiger partial charge in [0, 0.05) is 13.1 Å². The maximum atomic E-state index is 13.0. The Morgan fingerprint density at radius 1 is 1.06 bits per heavy atom. The molecule has 5 nitrogen and oxygen atoms in total. The van der Waals surface area contributed by atoms with Crippen molar-refractivity contribution in [2.45, 2.75) is 30.8 Å². The summed E-state index contributed by atoms with van der Waals surface area (Å²) in [6.45, 7) is 1.70. The van der Waals surface area contributed by atoms with Crippen LogP contribution in [0.15, 0.2) is 41.3 Å². The molecule has 11 heteroatoms. The number of aryl methyl sites for hydroxylation is 1. The van der Waals surface area contributed by atoms with E-state index in [9.17, 15) is 26.4 Å². The van der Waals surface area contributed by atoms with E-state index in [1.165, 1.54) is 0 Å². The number of alkyl halides is 3. The molecule has 0 radical (unpaired) electrons. The summed E-state index contributed by atoms with van der Waals surface area (Å²) < 4.78 is 71.1. The number of esters is 1. The van der Waals surface area contributed by atoms with Crippen LogP contribution in [0, 0.1) is 12.8 Å². The molecule has 0 N–H and O–H groups in total. The third-order valence-electron chi connectivity index (χ3n) is 4.96. The first-order valence-corrected chi connectivity index (χ1v) is 11.4. The van der Waals surface area contributed by atoms with Crippen molar-refractivity contribution in [1.29, 1.82) is 0 Å². The first-order chi connectivity index (χ1) is 14.4. The number of benzene rings is 2. The number of sulfonamides is 1. The van der Waals surface area contributed by atoms with E-state index in [-0.39, 0.29) is 41.7 Å². The van der Waals surface area contributed by atoms with E-state index in [4.69, 9.17) is 27.9 Å². The van der Waals surface area contributed by atoms with E-state index in [1.54, 1.807) is 18.2 Å². The number of carbonyl (C=O) groups excluding carboxylic acids is 1. The largest absolute Gasteiger partial charge is 0.425 e. The van der Waals surface area contributed by atoms with Gasteiger partial charge in [0.05, 0.1) is 21.5 Å².